The van der Waals surface area contributed by atoms with Crippen LogP contribution in [0.5, 0.6) is 0 Å². The first-order chi connectivity index (χ1) is 11.1. The van der Waals surface area contributed by atoms with Gasteiger partial charge in [0.25, 0.3) is 0 Å². The molecule has 0 atom stereocenters. The number of carbonyl (C=O) groups excluding carboxylic acids is 1. The molecule has 5 heteroatoms. The van der Waals surface area contributed by atoms with Gasteiger partial charge in [0.05, 0.1) is 0 Å². The molecule has 0 aliphatic heterocycles. The highest BCUT2D eigenvalue weighted by molar-refractivity contribution is 6.27. The number of carbonyl (C=O) groups is 1. The van der Waals surface area contributed by atoms with Crippen molar-refractivity contribution in [3.63, 3.8) is 0 Å². The third-order valence-corrected chi connectivity index (χ3v) is 4.68. The summed E-state index contributed by atoms with van der Waals surface area (Å²) in [5.74, 6) is 0.706. The maximum absolute atomic E-state index is 12.4. The van der Waals surface area contributed by atoms with Crippen LogP contribution < -0.4 is 0 Å². The van der Waals surface area contributed by atoms with Crippen LogP contribution in [0.2, 0.25) is 0 Å². The minimum absolute atomic E-state index is 0.00138. The van der Waals surface area contributed by atoms with Gasteiger partial charge >= 0.3 is 0 Å². The molecule has 0 radical (unpaired) electrons. The number of aromatic nitrogens is 2. The third kappa shape index (κ3) is 3.37. The molecule has 0 N–H and O–H groups in total. The van der Waals surface area contributed by atoms with Gasteiger partial charge in [-0.2, -0.15) is 0 Å². The van der Waals surface area contributed by atoms with Crippen molar-refractivity contribution in [1.82, 2.24) is 14.9 Å². The van der Waals surface area contributed by atoms with Crippen molar-refractivity contribution >= 4 is 17.5 Å². The monoisotopic (exact) mass is 329 g/mol. The van der Waals surface area contributed by atoms with Crippen LogP contribution in [-0.4, -0.2) is 32.7 Å². The molecule has 1 amide bonds. The van der Waals surface area contributed by atoms with Crippen molar-refractivity contribution in [3.05, 3.63) is 58.7 Å². The number of hydrogen-bond donors (Lipinski definition) is 0. The van der Waals surface area contributed by atoms with Gasteiger partial charge in [-0.3, -0.25) is 4.79 Å². The normalized spacial score (nSPS) is 13.9. The number of hydrogen-bond acceptors (Lipinski definition) is 3. The van der Waals surface area contributed by atoms with E-state index in [1.54, 1.807) is 0 Å². The van der Waals surface area contributed by atoms with Crippen LogP contribution in [0.3, 0.4) is 0 Å². The summed E-state index contributed by atoms with van der Waals surface area (Å²) in [6.07, 6.45) is 3.57. The number of benzene rings is 1. The van der Waals surface area contributed by atoms with Crippen molar-refractivity contribution in [2.24, 2.45) is 0 Å². The molecule has 3 rings (SSSR count). The maximum Gasteiger partial charge on any atom is 0.238 e. The zero-order valence-corrected chi connectivity index (χ0v) is 14.2. The van der Waals surface area contributed by atoms with Gasteiger partial charge in [-0.25, -0.2) is 9.97 Å². The van der Waals surface area contributed by atoms with E-state index < -0.39 is 0 Å². The molecule has 23 heavy (non-hydrogen) atoms. The van der Waals surface area contributed by atoms with Gasteiger partial charge < -0.3 is 4.90 Å². The Morgan fingerprint density at radius 1 is 1.26 bits per heavy atom. The Kier molecular flexibility index (Phi) is 4.62. The zero-order chi connectivity index (χ0) is 16.4. The lowest BCUT2D eigenvalue weighted by Crippen LogP contribution is -2.41. The molecule has 2 aromatic rings. The predicted octanol–water partition coefficient (Wildman–Crippen LogP) is 2.83. The fraction of sp³-hybridized carbons (Fsp3) is 0.389. The molecular formula is C18H20ClN3O. The Morgan fingerprint density at radius 2 is 1.91 bits per heavy atom. The molecular weight excluding hydrogens is 310 g/mol. The highest BCUT2D eigenvalue weighted by Crippen LogP contribution is 2.27. The zero-order valence-electron chi connectivity index (χ0n) is 13.4. The summed E-state index contributed by atoms with van der Waals surface area (Å²) in [4.78, 5) is 22.9. The molecule has 1 aromatic heterocycles. The van der Waals surface area contributed by atoms with Crippen molar-refractivity contribution in [2.45, 2.75) is 39.3 Å². The summed E-state index contributed by atoms with van der Waals surface area (Å²) in [7, 11) is 0. The van der Waals surface area contributed by atoms with E-state index in [9.17, 15) is 4.79 Å². The van der Waals surface area contributed by atoms with Gasteiger partial charge in [0.15, 0.2) is 0 Å². The Bertz CT molecular complexity index is 707. The Morgan fingerprint density at radius 3 is 2.48 bits per heavy atom. The average Bonchev–Trinajstić information content (AvgIpc) is 2.97. The number of amides is 1. The van der Waals surface area contributed by atoms with Gasteiger partial charge in [0.1, 0.15) is 11.7 Å². The molecule has 4 nitrogen and oxygen atoms in total. The fourth-order valence-electron chi connectivity index (χ4n) is 3.20. The van der Waals surface area contributed by atoms with Gasteiger partial charge in [-0.05, 0) is 37.8 Å². The van der Waals surface area contributed by atoms with E-state index in [0.717, 1.165) is 29.9 Å². The molecule has 1 heterocycles. The highest BCUT2D eigenvalue weighted by Gasteiger charge is 2.29. The summed E-state index contributed by atoms with van der Waals surface area (Å²) >= 11 is 5.85. The number of nitrogens with zero attached hydrogens (tertiary/aromatic N) is 3. The number of alkyl halides is 1. The fourth-order valence-corrected chi connectivity index (χ4v) is 3.35. The molecule has 0 spiro atoms. The van der Waals surface area contributed by atoms with Crippen LogP contribution >= 0.6 is 11.6 Å². The van der Waals surface area contributed by atoms with Crippen molar-refractivity contribution in [1.29, 1.82) is 0 Å². The summed E-state index contributed by atoms with van der Waals surface area (Å²) in [6, 6.07) is 8.52. The molecule has 1 aromatic carbocycles. The van der Waals surface area contributed by atoms with Crippen LogP contribution in [0.4, 0.5) is 0 Å². The minimum Gasteiger partial charge on any atom is -0.334 e. The van der Waals surface area contributed by atoms with E-state index in [1.165, 1.54) is 11.1 Å². The van der Waals surface area contributed by atoms with Crippen LogP contribution in [0.1, 0.15) is 28.2 Å². The van der Waals surface area contributed by atoms with Crippen molar-refractivity contribution < 1.29 is 4.79 Å². The van der Waals surface area contributed by atoms with Gasteiger partial charge in [0, 0.05) is 30.0 Å². The number of halogens is 1. The topological polar surface area (TPSA) is 46.1 Å². The Labute approximate surface area is 141 Å². The summed E-state index contributed by atoms with van der Waals surface area (Å²) in [5.41, 5.74) is 4.54. The largest absolute Gasteiger partial charge is 0.334 e. The first kappa shape index (κ1) is 15.9. The minimum atomic E-state index is -0.0375. The SMILES string of the molecule is Cc1ncc(CN(C(=O)CCl)C2Cc3ccccc3C2)c(C)n1. The average molecular weight is 330 g/mol. The number of aryl methyl sites for hydroxylation is 2. The molecule has 0 unspecified atom stereocenters. The smallest absolute Gasteiger partial charge is 0.238 e. The highest BCUT2D eigenvalue weighted by atomic mass is 35.5. The Hall–Kier alpha value is -1.94. The first-order valence-electron chi connectivity index (χ1n) is 7.80. The molecule has 0 saturated heterocycles. The van der Waals surface area contributed by atoms with Crippen LogP contribution in [0, 0.1) is 13.8 Å². The predicted molar refractivity (Wildman–Crippen MR) is 90.4 cm³/mol. The van der Waals surface area contributed by atoms with Gasteiger partial charge in [-0.1, -0.05) is 24.3 Å². The third-order valence-electron chi connectivity index (χ3n) is 4.45. The van der Waals surface area contributed by atoms with E-state index in [-0.39, 0.29) is 17.8 Å². The molecule has 0 fully saturated rings. The van der Waals surface area contributed by atoms with E-state index in [1.807, 2.05) is 37.1 Å². The standard InChI is InChI=1S/C18H20ClN3O/c1-12-16(10-20-13(2)21-12)11-22(18(23)9-19)17-7-14-5-3-4-6-15(14)8-17/h3-6,10,17H,7-9,11H2,1-2H3. The Balaban J connectivity index is 1.83. The molecule has 0 bridgehead atoms. The maximum atomic E-state index is 12.4. The second-order valence-corrected chi connectivity index (χ2v) is 6.28. The lowest BCUT2D eigenvalue weighted by atomic mass is 10.1. The second-order valence-electron chi connectivity index (χ2n) is 6.01. The summed E-state index contributed by atoms with van der Waals surface area (Å²) in [6.45, 7) is 4.33. The molecule has 1 aliphatic rings. The summed E-state index contributed by atoms with van der Waals surface area (Å²) in [5, 5.41) is 0. The second kappa shape index (κ2) is 6.67. The van der Waals surface area contributed by atoms with Crippen LogP contribution in [0.15, 0.2) is 30.5 Å². The first-order valence-corrected chi connectivity index (χ1v) is 8.33. The molecule has 1 aliphatic carbocycles. The van der Waals surface area contributed by atoms with Crippen LogP contribution in [-0.2, 0) is 24.2 Å². The summed E-state index contributed by atoms with van der Waals surface area (Å²) < 4.78 is 0. The van der Waals surface area contributed by atoms with Crippen molar-refractivity contribution in [3.8, 4) is 0 Å². The lowest BCUT2D eigenvalue weighted by Gasteiger charge is -2.29. The van der Waals surface area contributed by atoms with Gasteiger partial charge in [0.2, 0.25) is 5.91 Å². The number of rotatable bonds is 4. The molecule has 0 saturated carbocycles. The number of fused-ring (bicyclic) bond motifs is 1. The van der Waals surface area contributed by atoms with E-state index in [4.69, 9.17) is 11.6 Å². The quantitative estimate of drug-likeness (QED) is 0.810. The molecule has 120 valence electrons. The van der Waals surface area contributed by atoms with E-state index in [2.05, 4.69) is 22.1 Å². The van der Waals surface area contributed by atoms with E-state index in [0.29, 0.717) is 6.54 Å². The van der Waals surface area contributed by atoms with Gasteiger partial charge in [-0.15, -0.1) is 11.6 Å². The van der Waals surface area contributed by atoms with Crippen molar-refractivity contribution in [2.75, 3.05) is 5.88 Å². The van der Waals surface area contributed by atoms with Crippen LogP contribution in [0.25, 0.3) is 0 Å². The van der Waals surface area contributed by atoms with E-state index >= 15 is 0 Å². The lowest BCUT2D eigenvalue weighted by molar-refractivity contribution is -0.131.